The normalized spacial score (nSPS) is 11.6. The van der Waals surface area contributed by atoms with Gasteiger partial charge in [-0.2, -0.15) is 0 Å². The number of ether oxygens (including phenoxy) is 2. The smallest absolute Gasteiger partial charge is 0.254 e. The molecule has 1 atom stereocenters. The lowest BCUT2D eigenvalue weighted by Crippen LogP contribution is -2.30. The topological polar surface area (TPSA) is 97.4 Å². The van der Waals surface area contributed by atoms with Gasteiger partial charge in [-0.05, 0) is 23.8 Å². The minimum absolute atomic E-state index is 0.0245. The van der Waals surface area contributed by atoms with Gasteiger partial charge in [0.1, 0.15) is 17.4 Å². The lowest BCUT2D eigenvalue weighted by molar-refractivity contribution is -0.131. The molecule has 25 heavy (non-hydrogen) atoms. The van der Waals surface area contributed by atoms with E-state index < -0.39 is 17.8 Å². The van der Waals surface area contributed by atoms with E-state index in [1.165, 1.54) is 32.4 Å². The molecular weight excluding hydrogens is 325 g/mol. The molecule has 0 spiro atoms. The van der Waals surface area contributed by atoms with Crippen LogP contribution in [0.3, 0.4) is 0 Å². The maximum Gasteiger partial charge on any atom is 0.254 e. The molecule has 0 saturated heterocycles. The van der Waals surface area contributed by atoms with Crippen molar-refractivity contribution in [1.82, 2.24) is 5.32 Å². The van der Waals surface area contributed by atoms with Gasteiger partial charge in [-0.25, -0.2) is 4.39 Å². The number of nitrogen functional groups attached to an aromatic ring is 1. The number of hydrogen-bond donors (Lipinski definition) is 3. The number of rotatable bonds is 7. The summed E-state index contributed by atoms with van der Waals surface area (Å²) in [7, 11) is 2.80. The minimum Gasteiger partial charge on any atom is -0.497 e. The third-order valence-electron chi connectivity index (χ3n) is 3.69. The Labute approximate surface area is 145 Å². The summed E-state index contributed by atoms with van der Waals surface area (Å²) in [5, 5.41) is 10.1. The zero-order valence-electron chi connectivity index (χ0n) is 14.0. The van der Waals surface area contributed by atoms with Gasteiger partial charge in [0.05, 0.1) is 7.11 Å². The van der Waals surface area contributed by atoms with Gasteiger partial charge in [0.2, 0.25) is 0 Å². The molecule has 2 rings (SSSR count). The lowest BCUT2D eigenvalue weighted by Gasteiger charge is -2.17. The van der Waals surface area contributed by atoms with Crippen LogP contribution in [0.5, 0.6) is 5.75 Å². The largest absolute Gasteiger partial charge is 0.497 e. The summed E-state index contributed by atoms with van der Waals surface area (Å²) in [6.45, 7) is 0.239. The first-order valence-corrected chi connectivity index (χ1v) is 7.53. The molecule has 2 aromatic carbocycles. The average Bonchev–Trinajstić information content (AvgIpc) is 2.62. The Kier molecular flexibility index (Phi) is 6.08. The highest BCUT2D eigenvalue weighted by molar-refractivity contribution is 5.94. The van der Waals surface area contributed by atoms with Crippen LogP contribution in [0.1, 0.15) is 22.8 Å². The molecule has 0 aliphatic heterocycles. The van der Waals surface area contributed by atoms with E-state index in [4.69, 9.17) is 20.6 Å². The van der Waals surface area contributed by atoms with Crippen molar-refractivity contribution < 1.29 is 18.7 Å². The molecule has 132 valence electrons. The number of benzene rings is 2. The van der Waals surface area contributed by atoms with Crippen LogP contribution in [0.2, 0.25) is 0 Å². The molecule has 0 fully saturated rings. The van der Waals surface area contributed by atoms with E-state index in [2.05, 4.69) is 5.32 Å². The van der Waals surface area contributed by atoms with Gasteiger partial charge in [-0.15, -0.1) is 0 Å². The Balaban J connectivity index is 2.08. The van der Waals surface area contributed by atoms with E-state index >= 15 is 0 Å². The van der Waals surface area contributed by atoms with Crippen LogP contribution in [0.15, 0.2) is 42.5 Å². The highest BCUT2D eigenvalue weighted by Gasteiger charge is 2.23. The standard InChI is InChI=1S/C18H20FN3O3/c1-24-13-7-8-15(19)14(9-13)16(25-2)18(23)22-10-11-3-5-12(6-4-11)17(20)21/h3-9,16H,10H2,1-2H3,(H3,20,21)(H,22,23). The molecule has 6 nitrogen and oxygen atoms in total. The van der Waals surface area contributed by atoms with E-state index in [-0.39, 0.29) is 17.9 Å². The average molecular weight is 345 g/mol. The fourth-order valence-electron chi connectivity index (χ4n) is 2.31. The first-order chi connectivity index (χ1) is 12.0. The molecule has 1 amide bonds. The summed E-state index contributed by atoms with van der Waals surface area (Å²) in [5.74, 6) is -0.603. The van der Waals surface area contributed by atoms with E-state index in [0.717, 1.165) is 5.56 Å². The number of carbonyl (C=O) groups is 1. The first-order valence-electron chi connectivity index (χ1n) is 7.53. The van der Waals surface area contributed by atoms with Crippen molar-refractivity contribution in [3.63, 3.8) is 0 Å². The molecular formula is C18H20FN3O3. The number of carbonyl (C=O) groups excluding carboxylic acids is 1. The molecule has 0 aromatic heterocycles. The predicted molar refractivity (Wildman–Crippen MR) is 92.0 cm³/mol. The maximum atomic E-state index is 14.0. The number of nitrogens with one attached hydrogen (secondary N) is 2. The molecule has 7 heteroatoms. The molecule has 0 aliphatic carbocycles. The molecule has 4 N–H and O–H groups in total. The van der Waals surface area contributed by atoms with Crippen LogP contribution in [0.4, 0.5) is 4.39 Å². The highest BCUT2D eigenvalue weighted by Crippen LogP contribution is 2.25. The van der Waals surface area contributed by atoms with Gasteiger partial charge in [0.15, 0.2) is 6.10 Å². The van der Waals surface area contributed by atoms with E-state index in [0.29, 0.717) is 11.3 Å². The fraction of sp³-hybridized carbons (Fsp3) is 0.222. The summed E-state index contributed by atoms with van der Waals surface area (Å²) in [4.78, 5) is 12.4. The van der Waals surface area contributed by atoms with Crippen molar-refractivity contribution in [2.75, 3.05) is 14.2 Å². The number of amidine groups is 1. The van der Waals surface area contributed by atoms with Crippen LogP contribution < -0.4 is 15.8 Å². The number of methoxy groups -OCH3 is 2. The van der Waals surface area contributed by atoms with Gasteiger partial charge < -0.3 is 20.5 Å². The summed E-state index contributed by atoms with van der Waals surface area (Å²) in [5.41, 5.74) is 6.92. The van der Waals surface area contributed by atoms with Gasteiger partial charge >= 0.3 is 0 Å². The lowest BCUT2D eigenvalue weighted by atomic mass is 10.1. The maximum absolute atomic E-state index is 14.0. The molecule has 2 aromatic rings. The third-order valence-corrected chi connectivity index (χ3v) is 3.69. The molecule has 1 unspecified atom stereocenters. The van der Waals surface area contributed by atoms with Gasteiger partial charge in [-0.1, -0.05) is 24.3 Å². The second-order valence-corrected chi connectivity index (χ2v) is 5.33. The monoisotopic (exact) mass is 345 g/mol. The van der Waals surface area contributed by atoms with Gasteiger partial charge in [0, 0.05) is 24.8 Å². The number of nitrogens with two attached hydrogens (primary N) is 1. The van der Waals surface area contributed by atoms with Gasteiger partial charge in [-0.3, -0.25) is 10.2 Å². The zero-order chi connectivity index (χ0) is 18.4. The van der Waals surface area contributed by atoms with Gasteiger partial charge in [0.25, 0.3) is 5.91 Å². The summed E-state index contributed by atoms with van der Waals surface area (Å²) in [6.07, 6.45) is -1.09. The van der Waals surface area contributed by atoms with E-state index in [9.17, 15) is 9.18 Å². The van der Waals surface area contributed by atoms with Crippen molar-refractivity contribution in [2.45, 2.75) is 12.6 Å². The Morgan fingerprint density at radius 3 is 2.48 bits per heavy atom. The molecule has 0 aliphatic rings. The molecule has 0 bridgehead atoms. The molecule has 0 heterocycles. The van der Waals surface area contributed by atoms with Crippen LogP contribution in [-0.4, -0.2) is 26.0 Å². The fourth-order valence-corrected chi connectivity index (χ4v) is 2.31. The van der Waals surface area contributed by atoms with Crippen LogP contribution >= 0.6 is 0 Å². The number of amides is 1. The Morgan fingerprint density at radius 1 is 1.24 bits per heavy atom. The minimum atomic E-state index is -1.09. The number of hydrogen-bond acceptors (Lipinski definition) is 4. The van der Waals surface area contributed by atoms with Crippen molar-refractivity contribution in [3.05, 3.63) is 65.0 Å². The van der Waals surface area contributed by atoms with Crippen molar-refractivity contribution in [3.8, 4) is 5.75 Å². The van der Waals surface area contributed by atoms with Crippen LogP contribution in [0, 0.1) is 11.2 Å². The van der Waals surface area contributed by atoms with Crippen molar-refractivity contribution >= 4 is 11.7 Å². The second-order valence-electron chi connectivity index (χ2n) is 5.33. The van der Waals surface area contributed by atoms with E-state index in [1.54, 1.807) is 24.3 Å². The Bertz CT molecular complexity index is 763. The second kappa shape index (κ2) is 8.25. The zero-order valence-corrected chi connectivity index (χ0v) is 14.0. The molecule has 0 saturated carbocycles. The van der Waals surface area contributed by atoms with Crippen molar-refractivity contribution in [2.24, 2.45) is 5.73 Å². The van der Waals surface area contributed by atoms with Crippen molar-refractivity contribution in [1.29, 1.82) is 5.41 Å². The Morgan fingerprint density at radius 2 is 1.92 bits per heavy atom. The Hall–Kier alpha value is -2.93. The SMILES string of the molecule is COc1ccc(F)c(C(OC)C(=O)NCc2ccc(C(=N)N)cc2)c1. The summed E-state index contributed by atoms with van der Waals surface area (Å²) in [6, 6.07) is 11.0. The highest BCUT2D eigenvalue weighted by atomic mass is 19.1. The predicted octanol–water partition coefficient (Wildman–Crippen LogP) is 2.12. The van der Waals surface area contributed by atoms with Crippen LogP contribution in [0.25, 0.3) is 0 Å². The quantitative estimate of drug-likeness (QED) is 0.529. The summed E-state index contributed by atoms with van der Waals surface area (Å²) < 4.78 is 24.3. The molecule has 0 radical (unpaired) electrons. The van der Waals surface area contributed by atoms with Crippen LogP contribution in [-0.2, 0) is 16.1 Å². The summed E-state index contributed by atoms with van der Waals surface area (Å²) >= 11 is 0. The first kappa shape index (κ1) is 18.4. The number of halogens is 1. The third kappa shape index (κ3) is 4.54. The van der Waals surface area contributed by atoms with E-state index in [1.807, 2.05) is 0 Å².